The average molecular weight is 339 g/mol. The summed E-state index contributed by atoms with van der Waals surface area (Å²) < 4.78 is 13.2. The molecule has 0 spiro atoms. The van der Waals surface area contributed by atoms with Crippen LogP contribution in [0.4, 0.5) is 5.69 Å². The third-order valence-corrected chi connectivity index (χ3v) is 3.36. The molecular weight excluding hydrogens is 324 g/mol. The van der Waals surface area contributed by atoms with Crippen LogP contribution in [0.25, 0.3) is 0 Å². The Balaban J connectivity index is 2.07. The number of nitrogen functional groups attached to an aromatic ring is 1. The van der Waals surface area contributed by atoms with Crippen molar-refractivity contribution in [2.45, 2.75) is 6.54 Å². The van der Waals surface area contributed by atoms with Crippen molar-refractivity contribution in [3.63, 3.8) is 0 Å². The second-order valence-electron chi connectivity index (χ2n) is 4.11. The van der Waals surface area contributed by atoms with Crippen LogP contribution in [0.5, 0.6) is 11.5 Å². The van der Waals surface area contributed by atoms with E-state index in [9.17, 15) is 4.79 Å². The van der Waals surface area contributed by atoms with Crippen molar-refractivity contribution in [3.8, 4) is 11.5 Å². The molecule has 0 fully saturated rings. The van der Waals surface area contributed by atoms with Gasteiger partial charge < -0.3 is 19.8 Å². The Bertz CT molecular complexity index is 655. The van der Waals surface area contributed by atoms with E-state index >= 15 is 0 Å². The standard InChI is InChI=1S/C14H15BrN2O3/c1-19-12-4-2-3-11(15)14(12)20-8-7-17-9-10(16)5-6-13(17)18/h2-6,9H,7-8,16H2,1H3. The molecule has 0 amide bonds. The van der Waals surface area contributed by atoms with Crippen molar-refractivity contribution in [3.05, 3.63) is 51.4 Å². The number of halogens is 1. The number of rotatable bonds is 5. The second-order valence-corrected chi connectivity index (χ2v) is 4.97. The van der Waals surface area contributed by atoms with E-state index in [0.717, 1.165) is 4.47 Å². The van der Waals surface area contributed by atoms with Crippen LogP contribution in [0.1, 0.15) is 0 Å². The van der Waals surface area contributed by atoms with E-state index in [4.69, 9.17) is 15.2 Å². The van der Waals surface area contributed by atoms with Crippen LogP contribution in [0.3, 0.4) is 0 Å². The fourth-order valence-electron chi connectivity index (χ4n) is 1.76. The number of anilines is 1. The van der Waals surface area contributed by atoms with Crippen LogP contribution in [0, 0.1) is 0 Å². The lowest BCUT2D eigenvalue weighted by atomic mass is 10.3. The minimum Gasteiger partial charge on any atom is -0.493 e. The third-order valence-electron chi connectivity index (χ3n) is 2.74. The molecule has 1 heterocycles. The summed E-state index contributed by atoms with van der Waals surface area (Å²) in [5.74, 6) is 1.26. The molecule has 0 unspecified atom stereocenters. The molecule has 20 heavy (non-hydrogen) atoms. The lowest BCUT2D eigenvalue weighted by Gasteiger charge is -2.13. The lowest BCUT2D eigenvalue weighted by Crippen LogP contribution is -2.22. The van der Waals surface area contributed by atoms with Crippen molar-refractivity contribution in [2.24, 2.45) is 0 Å². The van der Waals surface area contributed by atoms with Crippen molar-refractivity contribution in [2.75, 3.05) is 19.5 Å². The molecular formula is C14H15BrN2O3. The van der Waals surface area contributed by atoms with Gasteiger partial charge in [0.1, 0.15) is 6.61 Å². The van der Waals surface area contributed by atoms with Crippen LogP contribution in [0.15, 0.2) is 45.8 Å². The highest BCUT2D eigenvalue weighted by Gasteiger charge is 2.08. The maximum atomic E-state index is 11.6. The Morgan fingerprint density at radius 2 is 2.10 bits per heavy atom. The van der Waals surface area contributed by atoms with E-state index in [-0.39, 0.29) is 5.56 Å². The molecule has 0 aliphatic heterocycles. The molecule has 106 valence electrons. The van der Waals surface area contributed by atoms with Gasteiger partial charge in [-0.15, -0.1) is 0 Å². The van der Waals surface area contributed by atoms with Crippen molar-refractivity contribution >= 4 is 21.6 Å². The number of nitrogens with two attached hydrogens (primary N) is 1. The quantitative estimate of drug-likeness (QED) is 0.908. The maximum Gasteiger partial charge on any atom is 0.250 e. The lowest BCUT2D eigenvalue weighted by molar-refractivity contribution is 0.276. The SMILES string of the molecule is COc1cccc(Br)c1OCCn1cc(N)ccc1=O. The van der Waals surface area contributed by atoms with Gasteiger partial charge in [0.15, 0.2) is 11.5 Å². The number of benzene rings is 1. The summed E-state index contributed by atoms with van der Waals surface area (Å²) in [6.07, 6.45) is 1.60. The molecule has 0 atom stereocenters. The molecule has 5 nitrogen and oxygen atoms in total. The smallest absolute Gasteiger partial charge is 0.250 e. The topological polar surface area (TPSA) is 66.5 Å². The summed E-state index contributed by atoms with van der Waals surface area (Å²) in [6, 6.07) is 8.56. The predicted molar refractivity (Wildman–Crippen MR) is 81.3 cm³/mol. The van der Waals surface area contributed by atoms with Gasteiger partial charge in [0, 0.05) is 18.0 Å². The first-order valence-corrected chi connectivity index (χ1v) is 6.82. The highest BCUT2D eigenvalue weighted by molar-refractivity contribution is 9.10. The van der Waals surface area contributed by atoms with Gasteiger partial charge in [-0.05, 0) is 34.1 Å². The zero-order valence-electron chi connectivity index (χ0n) is 11.0. The van der Waals surface area contributed by atoms with Crippen molar-refractivity contribution in [1.29, 1.82) is 0 Å². The van der Waals surface area contributed by atoms with E-state index in [2.05, 4.69) is 15.9 Å². The van der Waals surface area contributed by atoms with E-state index in [0.29, 0.717) is 30.3 Å². The minimum absolute atomic E-state index is 0.109. The predicted octanol–water partition coefficient (Wildman–Crippen LogP) is 2.28. The second kappa shape index (κ2) is 6.47. The molecule has 0 bridgehead atoms. The van der Waals surface area contributed by atoms with Gasteiger partial charge >= 0.3 is 0 Å². The zero-order chi connectivity index (χ0) is 14.5. The van der Waals surface area contributed by atoms with Gasteiger partial charge in [-0.2, -0.15) is 0 Å². The molecule has 6 heteroatoms. The van der Waals surface area contributed by atoms with Crippen LogP contribution in [-0.2, 0) is 6.54 Å². The van der Waals surface area contributed by atoms with Crippen LogP contribution >= 0.6 is 15.9 Å². The first kappa shape index (κ1) is 14.5. The van der Waals surface area contributed by atoms with Gasteiger partial charge in [0.25, 0.3) is 5.56 Å². The first-order valence-electron chi connectivity index (χ1n) is 6.03. The Labute approximate surface area is 125 Å². The Morgan fingerprint density at radius 3 is 2.85 bits per heavy atom. The molecule has 2 aromatic rings. The van der Waals surface area contributed by atoms with Crippen LogP contribution in [-0.4, -0.2) is 18.3 Å². The average Bonchev–Trinajstić information content (AvgIpc) is 2.44. The monoisotopic (exact) mass is 338 g/mol. The molecule has 2 N–H and O–H groups in total. The molecule has 1 aromatic carbocycles. The molecule has 2 rings (SSSR count). The fourth-order valence-corrected chi connectivity index (χ4v) is 2.22. The Hall–Kier alpha value is -1.95. The molecule has 1 aromatic heterocycles. The van der Waals surface area contributed by atoms with Crippen molar-refractivity contribution in [1.82, 2.24) is 4.57 Å². The maximum absolute atomic E-state index is 11.6. The Morgan fingerprint density at radius 1 is 1.30 bits per heavy atom. The molecule has 0 saturated carbocycles. The minimum atomic E-state index is -0.109. The zero-order valence-corrected chi connectivity index (χ0v) is 12.6. The van der Waals surface area contributed by atoms with Gasteiger partial charge in [0.05, 0.1) is 18.1 Å². The highest BCUT2D eigenvalue weighted by atomic mass is 79.9. The third kappa shape index (κ3) is 3.33. The van der Waals surface area contributed by atoms with Gasteiger partial charge in [-0.25, -0.2) is 0 Å². The normalized spacial score (nSPS) is 10.3. The number of aromatic nitrogens is 1. The number of hydrogen-bond donors (Lipinski definition) is 1. The van der Waals surface area contributed by atoms with Crippen molar-refractivity contribution < 1.29 is 9.47 Å². The van der Waals surface area contributed by atoms with E-state index in [1.807, 2.05) is 18.2 Å². The molecule has 0 saturated heterocycles. The van der Waals surface area contributed by atoms with Crippen LogP contribution < -0.4 is 20.8 Å². The summed E-state index contributed by atoms with van der Waals surface area (Å²) in [7, 11) is 1.58. The number of para-hydroxylation sites is 1. The van der Waals surface area contributed by atoms with E-state index < -0.39 is 0 Å². The summed E-state index contributed by atoms with van der Waals surface area (Å²) >= 11 is 3.41. The van der Waals surface area contributed by atoms with E-state index in [1.165, 1.54) is 10.6 Å². The molecule has 0 aliphatic rings. The number of nitrogens with zero attached hydrogens (tertiary/aromatic N) is 1. The van der Waals surface area contributed by atoms with Gasteiger partial charge in [0.2, 0.25) is 0 Å². The molecule has 0 radical (unpaired) electrons. The van der Waals surface area contributed by atoms with Gasteiger partial charge in [-0.1, -0.05) is 6.07 Å². The van der Waals surface area contributed by atoms with Crippen LogP contribution in [0.2, 0.25) is 0 Å². The Kier molecular flexibility index (Phi) is 4.68. The van der Waals surface area contributed by atoms with E-state index in [1.54, 1.807) is 19.4 Å². The number of pyridine rings is 1. The number of methoxy groups -OCH3 is 1. The summed E-state index contributed by atoms with van der Waals surface area (Å²) in [5.41, 5.74) is 6.09. The highest BCUT2D eigenvalue weighted by Crippen LogP contribution is 2.34. The molecule has 0 aliphatic carbocycles. The summed E-state index contributed by atoms with van der Waals surface area (Å²) in [4.78, 5) is 11.6. The summed E-state index contributed by atoms with van der Waals surface area (Å²) in [5, 5.41) is 0. The largest absolute Gasteiger partial charge is 0.493 e. The summed E-state index contributed by atoms with van der Waals surface area (Å²) in [6.45, 7) is 0.747. The fraction of sp³-hybridized carbons (Fsp3) is 0.214. The number of ether oxygens (including phenoxy) is 2. The van der Waals surface area contributed by atoms with Gasteiger partial charge in [-0.3, -0.25) is 4.79 Å². The first-order chi connectivity index (χ1) is 9.61. The number of hydrogen-bond acceptors (Lipinski definition) is 4.